The molecular formula is C20H19N3O5. The van der Waals surface area contributed by atoms with Crippen molar-refractivity contribution in [3.8, 4) is 17.1 Å². The molecule has 1 N–H and O–H groups in total. The van der Waals surface area contributed by atoms with E-state index in [1.54, 1.807) is 62.6 Å². The van der Waals surface area contributed by atoms with Crippen LogP contribution in [-0.2, 0) is 16.1 Å². The fourth-order valence-electron chi connectivity index (χ4n) is 2.38. The summed E-state index contributed by atoms with van der Waals surface area (Å²) in [6, 6.07) is 15.0. The molecule has 0 aliphatic heterocycles. The summed E-state index contributed by atoms with van der Waals surface area (Å²) in [5.74, 6) is 0.204. The van der Waals surface area contributed by atoms with Gasteiger partial charge in [-0.2, -0.15) is 4.98 Å². The maximum absolute atomic E-state index is 12.1. The van der Waals surface area contributed by atoms with E-state index in [9.17, 15) is 9.59 Å². The summed E-state index contributed by atoms with van der Waals surface area (Å²) >= 11 is 0. The van der Waals surface area contributed by atoms with Gasteiger partial charge < -0.3 is 19.3 Å². The van der Waals surface area contributed by atoms with Crippen LogP contribution in [0.2, 0.25) is 0 Å². The van der Waals surface area contributed by atoms with Gasteiger partial charge in [-0.3, -0.25) is 4.79 Å². The van der Waals surface area contributed by atoms with Gasteiger partial charge >= 0.3 is 5.97 Å². The highest BCUT2D eigenvalue weighted by Crippen LogP contribution is 2.21. The highest BCUT2D eigenvalue weighted by molar-refractivity contribution is 5.96. The van der Waals surface area contributed by atoms with Gasteiger partial charge in [0.15, 0.2) is 6.61 Å². The van der Waals surface area contributed by atoms with E-state index in [1.807, 2.05) is 6.07 Å². The van der Waals surface area contributed by atoms with Crippen molar-refractivity contribution in [2.45, 2.75) is 19.6 Å². The average molecular weight is 381 g/mol. The van der Waals surface area contributed by atoms with Crippen LogP contribution in [0.1, 0.15) is 23.2 Å². The molecule has 0 radical (unpaired) electrons. The number of hydrogen-bond donors (Lipinski definition) is 1. The van der Waals surface area contributed by atoms with Gasteiger partial charge in [0.25, 0.3) is 11.8 Å². The number of benzene rings is 2. The molecule has 0 aliphatic rings. The van der Waals surface area contributed by atoms with Gasteiger partial charge in [0.1, 0.15) is 11.8 Å². The second kappa shape index (κ2) is 8.81. The Kier molecular flexibility index (Phi) is 6.01. The van der Waals surface area contributed by atoms with Crippen LogP contribution in [-0.4, -0.2) is 35.2 Å². The van der Waals surface area contributed by atoms with E-state index in [-0.39, 0.29) is 18.4 Å². The summed E-state index contributed by atoms with van der Waals surface area (Å²) in [5.41, 5.74) is 1.17. The molecule has 1 amide bonds. The molecule has 1 atom stereocenters. The molecule has 28 heavy (non-hydrogen) atoms. The fourth-order valence-corrected chi connectivity index (χ4v) is 2.38. The molecule has 3 aromatic rings. The lowest BCUT2D eigenvalue weighted by Crippen LogP contribution is -2.39. The van der Waals surface area contributed by atoms with Crippen LogP contribution in [0.25, 0.3) is 11.4 Å². The van der Waals surface area contributed by atoms with Gasteiger partial charge in [0, 0.05) is 11.1 Å². The third-order valence-corrected chi connectivity index (χ3v) is 3.87. The number of amides is 1. The standard InChI is InChI=1S/C20H19N3O5/c1-13(21-19(24)14-7-4-3-5-8-14)20(25)27-12-17-22-18(23-28-17)15-9-6-10-16(11-15)26-2/h3-11,13H,12H2,1-2H3,(H,21,24). The van der Waals surface area contributed by atoms with Crippen molar-refractivity contribution in [1.29, 1.82) is 0 Å². The Labute approximate surface area is 161 Å². The van der Waals surface area contributed by atoms with Gasteiger partial charge in [0.05, 0.1) is 7.11 Å². The van der Waals surface area contributed by atoms with Crippen molar-refractivity contribution in [3.05, 3.63) is 66.1 Å². The second-order valence-corrected chi connectivity index (χ2v) is 5.91. The first-order chi connectivity index (χ1) is 13.6. The van der Waals surface area contributed by atoms with Crippen molar-refractivity contribution in [2.24, 2.45) is 0 Å². The molecule has 3 rings (SSSR count). The van der Waals surface area contributed by atoms with Gasteiger partial charge in [-0.15, -0.1) is 0 Å². The molecule has 0 saturated carbocycles. The van der Waals surface area contributed by atoms with Crippen molar-refractivity contribution in [3.63, 3.8) is 0 Å². The molecule has 0 aliphatic carbocycles. The van der Waals surface area contributed by atoms with E-state index in [0.29, 0.717) is 22.7 Å². The van der Waals surface area contributed by atoms with Gasteiger partial charge in [-0.1, -0.05) is 35.5 Å². The third kappa shape index (κ3) is 4.73. The Balaban J connectivity index is 1.54. The fraction of sp³-hybridized carbons (Fsp3) is 0.200. The first-order valence-electron chi connectivity index (χ1n) is 8.56. The van der Waals surface area contributed by atoms with E-state index < -0.39 is 12.0 Å². The molecule has 2 aromatic carbocycles. The molecule has 0 bridgehead atoms. The van der Waals surface area contributed by atoms with E-state index in [0.717, 1.165) is 0 Å². The molecule has 1 heterocycles. The maximum atomic E-state index is 12.1. The van der Waals surface area contributed by atoms with Crippen LogP contribution < -0.4 is 10.1 Å². The number of ether oxygens (including phenoxy) is 2. The van der Waals surface area contributed by atoms with Crippen LogP contribution in [0, 0.1) is 0 Å². The van der Waals surface area contributed by atoms with E-state index in [1.165, 1.54) is 0 Å². The van der Waals surface area contributed by atoms with E-state index >= 15 is 0 Å². The summed E-state index contributed by atoms with van der Waals surface area (Å²) < 4.78 is 15.4. The zero-order valence-corrected chi connectivity index (χ0v) is 15.4. The lowest BCUT2D eigenvalue weighted by Gasteiger charge is -2.12. The van der Waals surface area contributed by atoms with Crippen LogP contribution in [0.3, 0.4) is 0 Å². The summed E-state index contributed by atoms with van der Waals surface area (Å²) in [5, 5.41) is 6.45. The quantitative estimate of drug-likeness (QED) is 0.627. The van der Waals surface area contributed by atoms with Crippen LogP contribution in [0.5, 0.6) is 5.75 Å². The smallest absolute Gasteiger partial charge is 0.328 e. The Morgan fingerprint density at radius 3 is 2.68 bits per heavy atom. The molecule has 144 valence electrons. The summed E-state index contributed by atoms with van der Waals surface area (Å²) in [7, 11) is 1.57. The minimum Gasteiger partial charge on any atom is -0.497 e. The number of carbonyl (C=O) groups excluding carboxylic acids is 2. The van der Waals surface area contributed by atoms with Gasteiger partial charge in [-0.25, -0.2) is 4.79 Å². The molecule has 0 saturated heterocycles. The minimum absolute atomic E-state index is 0.146. The molecule has 8 heteroatoms. The topological polar surface area (TPSA) is 104 Å². The number of nitrogens with zero attached hydrogens (tertiary/aromatic N) is 2. The van der Waals surface area contributed by atoms with E-state index in [2.05, 4.69) is 15.5 Å². The zero-order chi connectivity index (χ0) is 19.9. The van der Waals surface area contributed by atoms with Crippen LogP contribution >= 0.6 is 0 Å². The van der Waals surface area contributed by atoms with Gasteiger partial charge in [0.2, 0.25) is 5.82 Å². The molecule has 1 unspecified atom stereocenters. The lowest BCUT2D eigenvalue weighted by molar-refractivity contribution is -0.147. The molecular weight excluding hydrogens is 362 g/mol. The van der Waals surface area contributed by atoms with Gasteiger partial charge in [-0.05, 0) is 31.2 Å². The largest absolute Gasteiger partial charge is 0.497 e. The SMILES string of the molecule is COc1cccc(-c2noc(COC(=O)C(C)NC(=O)c3ccccc3)n2)c1. The predicted molar refractivity (Wildman–Crippen MR) is 99.5 cm³/mol. The highest BCUT2D eigenvalue weighted by Gasteiger charge is 2.19. The van der Waals surface area contributed by atoms with Crippen molar-refractivity contribution in [2.75, 3.05) is 7.11 Å². The van der Waals surface area contributed by atoms with Crippen molar-refractivity contribution in [1.82, 2.24) is 15.5 Å². The Morgan fingerprint density at radius 1 is 1.14 bits per heavy atom. The van der Waals surface area contributed by atoms with Crippen LogP contribution in [0.4, 0.5) is 0 Å². The Hall–Kier alpha value is -3.68. The number of esters is 1. The van der Waals surface area contributed by atoms with Crippen molar-refractivity contribution < 1.29 is 23.6 Å². The number of rotatable bonds is 7. The number of methoxy groups -OCH3 is 1. The zero-order valence-electron chi connectivity index (χ0n) is 15.4. The number of nitrogens with one attached hydrogen (secondary N) is 1. The molecule has 1 aromatic heterocycles. The highest BCUT2D eigenvalue weighted by atomic mass is 16.6. The first-order valence-corrected chi connectivity index (χ1v) is 8.56. The minimum atomic E-state index is -0.825. The first kappa shape index (κ1) is 19.1. The summed E-state index contributed by atoms with van der Waals surface area (Å²) in [6.07, 6.45) is 0. The molecule has 0 fully saturated rings. The normalized spacial score (nSPS) is 11.5. The monoisotopic (exact) mass is 381 g/mol. The maximum Gasteiger partial charge on any atom is 0.328 e. The number of carbonyl (C=O) groups is 2. The summed E-state index contributed by atoms with van der Waals surface area (Å²) in [4.78, 5) is 28.4. The number of aromatic nitrogens is 2. The lowest BCUT2D eigenvalue weighted by atomic mass is 10.2. The van der Waals surface area contributed by atoms with Crippen LogP contribution in [0.15, 0.2) is 59.1 Å². The van der Waals surface area contributed by atoms with Crippen molar-refractivity contribution >= 4 is 11.9 Å². The predicted octanol–water partition coefficient (Wildman–Crippen LogP) is 2.61. The Morgan fingerprint density at radius 2 is 1.93 bits per heavy atom. The third-order valence-electron chi connectivity index (χ3n) is 3.87. The second-order valence-electron chi connectivity index (χ2n) is 5.91. The Bertz CT molecular complexity index is 955. The number of hydrogen-bond acceptors (Lipinski definition) is 7. The summed E-state index contributed by atoms with van der Waals surface area (Å²) in [6.45, 7) is 1.35. The average Bonchev–Trinajstić information content (AvgIpc) is 3.21. The molecule has 8 nitrogen and oxygen atoms in total. The van der Waals surface area contributed by atoms with E-state index in [4.69, 9.17) is 14.0 Å². The molecule has 0 spiro atoms.